The molecule has 0 radical (unpaired) electrons. The van der Waals surface area contributed by atoms with Crippen molar-refractivity contribution in [1.82, 2.24) is 9.80 Å². The van der Waals surface area contributed by atoms with Crippen molar-refractivity contribution in [2.75, 3.05) is 19.6 Å². The normalized spacial score (nSPS) is 26.9. The number of hydrogen-bond donors (Lipinski definition) is 0. The molecule has 2 rings (SSSR count). The highest BCUT2D eigenvalue weighted by Gasteiger charge is 2.48. The quantitative estimate of drug-likeness (QED) is 0.747. The average molecular weight is 296 g/mol. The minimum atomic E-state index is -0.736. The van der Waals surface area contributed by atoms with E-state index in [4.69, 9.17) is 4.74 Å². The van der Waals surface area contributed by atoms with Crippen molar-refractivity contribution in [3.8, 4) is 0 Å². The van der Waals surface area contributed by atoms with E-state index >= 15 is 0 Å². The molecule has 2 saturated heterocycles. The molecule has 0 spiro atoms. The number of rotatable bonds is 1. The van der Waals surface area contributed by atoms with Crippen molar-refractivity contribution in [3.63, 3.8) is 0 Å². The zero-order chi connectivity index (χ0) is 15.7. The van der Waals surface area contributed by atoms with Crippen molar-refractivity contribution in [2.45, 2.75) is 70.9 Å². The number of piperidine rings is 1. The lowest BCUT2D eigenvalue weighted by molar-refractivity contribution is -0.142. The van der Waals surface area contributed by atoms with Gasteiger partial charge in [0.25, 0.3) is 0 Å². The average Bonchev–Trinajstić information content (AvgIpc) is 2.80. The number of likely N-dealkylation sites (tertiary alicyclic amines) is 2. The molecule has 2 fully saturated rings. The predicted octanol–water partition coefficient (Wildman–Crippen LogP) is 2.79. The van der Waals surface area contributed by atoms with Gasteiger partial charge in [-0.25, -0.2) is 4.79 Å². The molecule has 0 aliphatic carbocycles. The van der Waals surface area contributed by atoms with Crippen LogP contribution in [0.1, 0.15) is 59.8 Å². The summed E-state index contributed by atoms with van der Waals surface area (Å²) in [5.41, 5.74) is -1.27. The summed E-state index contributed by atoms with van der Waals surface area (Å²) in [4.78, 5) is 28.8. The van der Waals surface area contributed by atoms with Crippen LogP contribution in [0.4, 0.5) is 4.79 Å². The van der Waals surface area contributed by atoms with Crippen molar-refractivity contribution < 1.29 is 14.3 Å². The third-order valence-corrected chi connectivity index (χ3v) is 4.36. The summed E-state index contributed by atoms with van der Waals surface area (Å²) in [5.74, 6) is 0.0885. The molecule has 0 aromatic carbocycles. The van der Waals surface area contributed by atoms with Crippen LogP contribution in [0, 0.1) is 0 Å². The van der Waals surface area contributed by atoms with Crippen LogP contribution in [0.3, 0.4) is 0 Å². The predicted molar refractivity (Wildman–Crippen MR) is 81.0 cm³/mol. The Morgan fingerprint density at radius 2 is 1.62 bits per heavy atom. The van der Waals surface area contributed by atoms with Gasteiger partial charge in [0.05, 0.1) is 0 Å². The SMILES string of the molecule is CC(C)(C)OC(=O)N1CCCC1(C)C(=O)N1CCCCC1. The first-order chi connectivity index (χ1) is 9.74. The van der Waals surface area contributed by atoms with E-state index in [1.807, 2.05) is 32.6 Å². The van der Waals surface area contributed by atoms with Gasteiger partial charge in [-0.2, -0.15) is 0 Å². The fraction of sp³-hybridized carbons (Fsp3) is 0.875. The van der Waals surface area contributed by atoms with Crippen molar-refractivity contribution >= 4 is 12.0 Å². The number of nitrogens with zero attached hydrogens (tertiary/aromatic N) is 2. The minimum absolute atomic E-state index is 0.0885. The van der Waals surface area contributed by atoms with Gasteiger partial charge in [-0.15, -0.1) is 0 Å². The van der Waals surface area contributed by atoms with Gasteiger partial charge in [-0.05, 0) is 59.8 Å². The molecule has 0 aromatic heterocycles. The van der Waals surface area contributed by atoms with Crippen LogP contribution in [0.5, 0.6) is 0 Å². The first kappa shape index (κ1) is 16.1. The molecule has 2 heterocycles. The lowest BCUT2D eigenvalue weighted by Crippen LogP contribution is -2.58. The summed E-state index contributed by atoms with van der Waals surface area (Å²) in [5, 5.41) is 0. The van der Waals surface area contributed by atoms with E-state index < -0.39 is 11.1 Å². The van der Waals surface area contributed by atoms with Crippen LogP contribution in [0.15, 0.2) is 0 Å². The van der Waals surface area contributed by atoms with E-state index in [1.165, 1.54) is 6.42 Å². The molecule has 0 saturated carbocycles. The van der Waals surface area contributed by atoms with Gasteiger partial charge >= 0.3 is 6.09 Å². The molecule has 2 aliphatic rings. The second-order valence-electron chi connectivity index (χ2n) is 7.36. The maximum absolute atomic E-state index is 12.9. The van der Waals surface area contributed by atoms with Gasteiger partial charge in [0.2, 0.25) is 5.91 Å². The molecular weight excluding hydrogens is 268 g/mol. The Bertz CT molecular complexity index is 410. The highest BCUT2D eigenvalue weighted by molar-refractivity contribution is 5.90. The number of amides is 2. The molecule has 5 nitrogen and oxygen atoms in total. The smallest absolute Gasteiger partial charge is 0.411 e. The Hall–Kier alpha value is -1.26. The number of carbonyl (C=O) groups excluding carboxylic acids is 2. The Morgan fingerprint density at radius 3 is 2.19 bits per heavy atom. The Kier molecular flexibility index (Phi) is 4.49. The molecule has 0 N–H and O–H groups in total. The molecular formula is C16H28N2O3. The van der Waals surface area contributed by atoms with Gasteiger partial charge in [-0.1, -0.05) is 0 Å². The number of carbonyl (C=O) groups is 2. The summed E-state index contributed by atoms with van der Waals surface area (Å²) < 4.78 is 5.47. The molecule has 5 heteroatoms. The fourth-order valence-electron chi connectivity index (χ4n) is 3.23. The largest absolute Gasteiger partial charge is 0.444 e. The van der Waals surface area contributed by atoms with Gasteiger partial charge in [0.15, 0.2) is 0 Å². The van der Waals surface area contributed by atoms with Crippen LogP contribution < -0.4 is 0 Å². The molecule has 1 unspecified atom stereocenters. The topological polar surface area (TPSA) is 49.9 Å². The highest BCUT2D eigenvalue weighted by atomic mass is 16.6. The molecule has 2 aliphatic heterocycles. The standard InChI is InChI=1S/C16H28N2O3/c1-15(2,3)21-14(20)18-12-8-9-16(18,4)13(19)17-10-6-5-7-11-17/h5-12H2,1-4H3. The van der Waals surface area contributed by atoms with Crippen LogP contribution >= 0.6 is 0 Å². The lowest BCUT2D eigenvalue weighted by Gasteiger charge is -2.39. The first-order valence-electron chi connectivity index (χ1n) is 8.04. The van der Waals surface area contributed by atoms with Crippen molar-refractivity contribution in [2.24, 2.45) is 0 Å². The van der Waals surface area contributed by atoms with E-state index in [-0.39, 0.29) is 12.0 Å². The Morgan fingerprint density at radius 1 is 1.00 bits per heavy atom. The Balaban J connectivity index is 2.11. The van der Waals surface area contributed by atoms with Gasteiger partial charge in [0, 0.05) is 19.6 Å². The number of hydrogen-bond acceptors (Lipinski definition) is 3. The van der Waals surface area contributed by atoms with Crippen molar-refractivity contribution in [1.29, 1.82) is 0 Å². The summed E-state index contributed by atoms with van der Waals surface area (Å²) >= 11 is 0. The Labute approximate surface area is 127 Å². The third-order valence-electron chi connectivity index (χ3n) is 4.36. The fourth-order valence-corrected chi connectivity index (χ4v) is 3.23. The number of ether oxygens (including phenoxy) is 1. The summed E-state index contributed by atoms with van der Waals surface area (Å²) in [6.07, 6.45) is 4.53. The summed E-state index contributed by atoms with van der Waals surface area (Å²) in [7, 11) is 0. The van der Waals surface area contributed by atoms with Crippen molar-refractivity contribution in [3.05, 3.63) is 0 Å². The summed E-state index contributed by atoms with van der Waals surface area (Å²) in [6, 6.07) is 0. The summed E-state index contributed by atoms with van der Waals surface area (Å²) in [6.45, 7) is 9.68. The van der Waals surface area contributed by atoms with E-state index in [0.29, 0.717) is 6.54 Å². The molecule has 21 heavy (non-hydrogen) atoms. The van der Waals surface area contributed by atoms with Crippen LogP contribution in [0.2, 0.25) is 0 Å². The van der Waals surface area contributed by atoms with Crippen LogP contribution in [-0.2, 0) is 9.53 Å². The third kappa shape index (κ3) is 3.50. The van der Waals surface area contributed by atoms with E-state index in [2.05, 4.69) is 0 Å². The zero-order valence-electron chi connectivity index (χ0n) is 13.8. The monoisotopic (exact) mass is 296 g/mol. The zero-order valence-corrected chi connectivity index (χ0v) is 13.8. The molecule has 0 bridgehead atoms. The van der Waals surface area contributed by atoms with Gasteiger partial charge < -0.3 is 9.64 Å². The first-order valence-corrected chi connectivity index (χ1v) is 8.04. The molecule has 2 amide bonds. The molecule has 120 valence electrons. The van der Waals surface area contributed by atoms with E-state index in [0.717, 1.165) is 38.8 Å². The van der Waals surface area contributed by atoms with Gasteiger partial charge in [-0.3, -0.25) is 9.69 Å². The maximum atomic E-state index is 12.9. The molecule has 1 atom stereocenters. The maximum Gasteiger partial charge on any atom is 0.411 e. The second-order valence-corrected chi connectivity index (χ2v) is 7.36. The van der Waals surface area contributed by atoms with Crippen LogP contribution in [0.25, 0.3) is 0 Å². The van der Waals surface area contributed by atoms with E-state index in [1.54, 1.807) is 4.90 Å². The van der Waals surface area contributed by atoms with Crippen LogP contribution in [-0.4, -0.2) is 52.6 Å². The second kappa shape index (κ2) is 5.85. The molecule has 0 aromatic rings. The van der Waals surface area contributed by atoms with Gasteiger partial charge in [0.1, 0.15) is 11.1 Å². The lowest BCUT2D eigenvalue weighted by atomic mass is 9.95. The highest BCUT2D eigenvalue weighted by Crippen LogP contribution is 2.33. The van der Waals surface area contributed by atoms with E-state index in [9.17, 15) is 9.59 Å². The minimum Gasteiger partial charge on any atom is -0.444 e.